The van der Waals surface area contributed by atoms with Crippen molar-refractivity contribution >= 4 is 27.3 Å². The summed E-state index contributed by atoms with van der Waals surface area (Å²) in [5.74, 6) is -1.76. The number of amides is 1. The maximum Gasteiger partial charge on any atom is 0.306 e. The highest BCUT2D eigenvalue weighted by molar-refractivity contribution is 7.89. The van der Waals surface area contributed by atoms with Gasteiger partial charge in [0.05, 0.1) is 16.4 Å². The minimum atomic E-state index is -4.23. The van der Waals surface area contributed by atoms with Crippen LogP contribution in [0.2, 0.25) is 0 Å². The van der Waals surface area contributed by atoms with Crippen LogP contribution >= 0.6 is 0 Å². The molecule has 2 N–H and O–H groups in total. The van der Waals surface area contributed by atoms with Crippen molar-refractivity contribution < 1.29 is 22.5 Å². The van der Waals surface area contributed by atoms with Crippen molar-refractivity contribution in [1.29, 1.82) is 0 Å². The molecule has 10 heteroatoms. The van der Waals surface area contributed by atoms with Crippen molar-refractivity contribution in [2.24, 2.45) is 0 Å². The van der Waals surface area contributed by atoms with E-state index >= 15 is 0 Å². The molecule has 0 aliphatic carbocycles. The van der Waals surface area contributed by atoms with Crippen LogP contribution in [0, 0.1) is 36.7 Å². The van der Waals surface area contributed by atoms with Gasteiger partial charge in [0.25, 0.3) is 0 Å². The summed E-state index contributed by atoms with van der Waals surface area (Å²) < 4.78 is 39.8. The molecule has 0 fully saturated rings. The van der Waals surface area contributed by atoms with Gasteiger partial charge in [0.15, 0.2) is 0 Å². The average Bonchev–Trinajstić information content (AvgIpc) is 2.56. The smallest absolute Gasteiger partial charge is 0.306 e. The number of benzene rings is 2. The summed E-state index contributed by atoms with van der Waals surface area (Å²) in [6, 6.07) is 5.93. The van der Waals surface area contributed by atoms with E-state index in [0.717, 1.165) is 22.8 Å². The summed E-state index contributed by atoms with van der Waals surface area (Å²) in [4.78, 5) is 21.3. The van der Waals surface area contributed by atoms with Gasteiger partial charge in [-0.3, -0.25) is 14.9 Å². The van der Waals surface area contributed by atoms with Gasteiger partial charge in [-0.2, -0.15) is 4.39 Å². The maximum absolute atomic E-state index is 13.3. The number of hydrogen-bond donors (Lipinski definition) is 2. The van der Waals surface area contributed by atoms with Crippen molar-refractivity contribution in [1.82, 2.24) is 4.72 Å². The number of carbonyl (C=O) groups is 1. The topological polar surface area (TPSA) is 118 Å². The first kappa shape index (κ1) is 20.5. The van der Waals surface area contributed by atoms with Gasteiger partial charge < -0.3 is 5.32 Å². The summed E-state index contributed by atoms with van der Waals surface area (Å²) in [6.45, 7) is 4.97. The van der Waals surface area contributed by atoms with Crippen LogP contribution in [0.5, 0.6) is 0 Å². The predicted octanol–water partition coefficient (Wildman–Crippen LogP) is 2.58. The lowest BCUT2D eigenvalue weighted by atomic mass is 10.1. The number of rotatable bonds is 6. The Kier molecular flexibility index (Phi) is 5.91. The van der Waals surface area contributed by atoms with Gasteiger partial charge in [0.2, 0.25) is 21.7 Å². The first-order valence-corrected chi connectivity index (χ1v) is 9.31. The van der Waals surface area contributed by atoms with E-state index in [4.69, 9.17) is 0 Å². The normalized spacial score (nSPS) is 11.3. The third-order valence-corrected chi connectivity index (χ3v) is 5.19. The summed E-state index contributed by atoms with van der Waals surface area (Å²) in [5.41, 5.74) is 2.31. The average molecular weight is 395 g/mol. The number of aryl methyl sites for hydroxylation is 3. The molecule has 0 aliphatic rings. The van der Waals surface area contributed by atoms with E-state index in [2.05, 4.69) is 5.32 Å². The Hall–Kier alpha value is -2.85. The molecule has 2 aromatic carbocycles. The van der Waals surface area contributed by atoms with Crippen LogP contribution in [0.4, 0.5) is 15.8 Å². The number of nitro groups is 1. The molecule has 0 saturated heterocycles. The molecule has 0 aromatic heterocycles. The van der Waals surface area contributed by atoms with Crippen LogP contribution in [0.1, 0.15) is 16.7 Å². The van der Waals surface area contributed by atoms with Crippen LogP contribution in [-0.2, 0) is 14.8 Å². The zero-order valence-electron chi connectivity index (χ0n) is 14.9. The fourth-order valence-electron chi connectivity index (χ4n) is 2.60. The Morgan fingerprint density at radius 2 is 1.74 bits per heavy atom. The van der Waals surface area contributed by atoms with Gasteiger partial charge in [-0.05, 0) is 44.0 Å². The Morgan fingerprint density at radius 1 is 1.15 bits per heavy atom. The molecule has 0 bridgehead atoms. The molecule has 0 saturated carbocycles. The number of carbonyl (C=O) groups excluding carboxylic acids is 1. The Balaban J connectivity index is 2.13. The maximum atomic E-state index is 13.3. The third-order valence-electron chi connectivity index (χ3n) is 3.79. The second-order valence-electron chi connectivity index (χ2n) is 6.02. The van der Waals surface area contributed by atoms with Crippen LogP contribution < -0.4 is 10.0 Å². The number of nitrogens with zero attached hydrogens (tertiary/aromatic N) is 1. The summed E-state index contributed by atoms with van der Waals surface area (Å²) >= 11 is 0. The predicted molar refractivity (Wildman–Crippen MR) is 97.5 cm³/mol. The number of anilines is 1. The zero-order chi connectivity index (χ0) is 20.4. The summed E-state index contributed by atoms with van der Waals surface area (Å²) in [6.07, 6.45) is 0. The molecule has 0 spiro atoms. The Labute approximate surface area is 155 Å². The standard InChI is InChI=1S/C17H18FN3O5S/c1-10-6-11(2)17(12(3)7-10)20-16(22)9-19-27(25,26)13-4-5-14(18)15(8-13)21(23)24/h4-8,19H,9H2,1-3H3,(H,20,22). The van der Waals surface area contributed by atoms with Gasteiger partial charge in [0.1, 0.15) is 0 Å². The van der Waals surface area contributed by atoms with E-state index in [1.165, 1.54) is 0 Å². The largest absolute Gasteiger partial charge is 0.324 e. The first-order chi connectivity index (χ1) is 12.5. The van der Waals surface area contributed by atoms with Gasteiger partial charge in [-0.15, -0.1) is 0 Å². The molecule has 8 nitrogen and oxygen atoms in total. The number of nitrogens with one attached hydrogen (secondary N) is 2. The van der Waals surface area contributed by atoms with Crippen molar-refractivity contribution in [2.75, 3.05) is 11.9 Å². The second kappa shape index (κ2) is 7.80. The van der Waals surface area contributed by atoms with Gasteiger partial charge in [-0.25, -0.2) is 13.1 Å². The quantitative estimate of drug-likeness (QED) is 0.576. The lowest BCUT2D eigenvalue weighted by Crippen LogP contribution is -2.33. The highest BCUT2D eigenvalue weighted by Crippen LogP contribution is 2.23. The fraction of sp³-hybridized carbons (Fsp3) is 0.235. The molecule has 0 atom stereocenters. The highest BCUT2D eigenvalue weighted by Gasteiger charge is 2.22. The SMILES string of the molecule is Cc1cc(C)c(NC(=O)CNS(=O)(=O)c2ccc(F)c([N+](=O)[O-])c2)c(C)c1. The molecule has 1 amide bonds. The number of nitro benzene ring substituents is 1. The zero-order valence-corrected chi connectivity index (χ0v) is 15.7. The molecule has 27 heavy (non-hydrogen) atoms. The van der Waals surface area contributed by atoms with Gasteiger partial charge in [-0.1, -0.05) is 17.7 Å². The van der Waals surface area contributed by atoms with E-state index in [1.54, 1.807) is 0 Å². The molecule has 144 valence electrons. The Morgan fingerprint density at radius 3 is 2.30 bits per heavy atom. The molecule has 0 aliphatic heterocycles. The molecular weight excluding hydrogens is 377 g/mol. The number of hydrogen-bond acceptors (Lipinski definition) is 5. The lowest BCUT2D eigenvalue weighted by molar-refractivity contribution is -0.387. The molecule has 2 aromatic rings. The minimum Gasteiger partial charge on any atom is -0.324 e. The van der Waals surface area contributed by atoms with Gasteiger partial charge in [0, 0.05) is 11.8 Å². The van der Waals surface area contributed by atoms with Crippen molar-refractivity contribution in [3.63, 3.8) is 0 Å². The van der Waals surface area contributed by atoms with E-state index in [1.807, 2.05) is 37.6 Å². The molecule has 0 heterocycles. The highest BCUT2D eigenvalue weighted by atomic mass is 32.2. The summed E-state index contributed by atoms with van der Waals surface area (Å²) in [7, 11) is -4.23. The lowest BCUT2D eigenvalue weighted by Gasteiger charge is -2.13. The fourth-order valence-corrected chi connectivity index (χ4v) is 3.61. The van der Waals surface area contributed by atoms with Crippen molar-refractivity contribution in [3.8, 4) is 0 Å². The van der Waals surface area contributed by atoms with Crippen LogP contribution in [-0.4, -0.2) is 25.8 Å². The first-order valence-electron chi connectivity index (χ1n) is 7.82. The van der Waals surface area contributed by atoms with E-state index in [-0.39, 0.29) is 0 Å². The third kappa shape index (κ3) is 4.86. The molecule has 2 rings (SSSR count). The monoisotopic (exact) mass is 395 g/mol. The second-order valence-corrected chi connectivity index (χ2v) is 7.78. The number of halogens is 1. The molecular formula is C17H18FN3O5S. The summed E-state index contributed by atoms with van der Waals surface area (Å²) in [5, 5.41) is 13.4. The molecule has 0 radical (unpaired) electrons. The van der Waals surface area contributed by atoms with Crippen LogP contribution in [0.25, 0.3) is 0 Å². The van der Waals surface area contributed by atoms with Gasteiger partial charge >= 0.3 is 5.69 Å². The number of sulfonamides is 1. The Bertz CT molecular complexity index is 998. The molecule has 0 unspecified atom stereocenters. The van der Waals surface area contributed by atoms with E-state index < -0.39 is 43.8 Å². The van der Waals surface area contributed by atoms with E-state index in [9.17, 15) is 27.7 Å². The van der Waals surface area contributed by atoms with Crippen molar-refractivity contribution in [3.05, 3.63) is 63.0 Å². The van der Waals surface area contributed by atoms with Crippen molar-refractivity contribution in [2.45, 2.75) is 25.7 Å². The van der Waals surface area contributed by atoms with Crippen LogP contribution in [0.3, 0.4) is 0 Å². The van der Waals surface area contributed by atoms with E-state index in [0.29, 0.717) is 17.8 Å². The van der Waals surface area contributed by atoms with Crippen LogP contribution in [0.15, 0.2) is 35.2 Å². The minimum absolute atomic E-state index is 0.508.